The van der Waals surface area contributed by atoms with Crippen LogP contribution in [0.1, 0.15) is 42.0 Å². The molecule has 5 rings (SSSR count). The first-order chi connectivity index (χ1) is 17.0. The van der Waals surface area contributed by atoms with E-state index in [1.165, 1.54) is 16.9 Å². The minimum absolute atomic E-state index is 0.590. The number of para-hydroxylation sites is 2. The SMILES string of the molecule is CCCCc1c(C)c(C#N)c2nc3ccccc3n2c1N1CCN(Cc2ccc(Cl)c(Cl)c2)CC1. The first kappa shape index (κ1) is 23.9. The van der Waals surface area contributed by atoms with Gasteiger partial charge in [0.05, 0.1) is 26.6 Å². The van der Waals surface area contributed by atoms with Crippen molar-refractivity contribution in [2.24, 2.45) is 0 Å². The fourth-order valence-electron chi connectivity index (χ4n) is 5.16. The van der Waals surface area contributed by atoms with Gasteiger partial charge in [-0.05, 0) is 60.7 Å². The van der Waals surface area contributed by atoms with Crippen LogP contribution in [0, 0.1) is 18.3 Å². The van der Waals surface area contributed by atoms with Crippen LogP contribution in [0.15, 0.2) is 42.5 Å². The highest BCUT2D eigenvalue weighted by atomic mass is 35.5. The summed E-state index contributed by atoms with van der Waals surface area (Å²) in [5.41, 5.74) is 6.96. The highest BCUT2D eigenvalue weighted by Gasteiger charge is 2.26. The molecule has 0 radical (unpaired) electrons. The quantitative estimate of drug-likeness (QED) is 0.294. The average Bonchev–Trinajstić information content (AvgIpc) is 3.24. The number of hydrogen-bond donors (Lipinski definition) is 0. The molecule has 1 fully saturated rings. The largest absolute Gasteiger partial charge is 0.355 e. The lowest BCUT2D eigenvalue weighted by Crippen LogP contribution is -2.47. The summed E-state index contributed by atoms with van der Waals surface area (Å²) in [7, 11) is 0. The van der Waals surface area contributed by atoms with Gasteiger partial charge in [0.1, 0.15) is 11.9 Å². The van der Waals surface area contributed by atoms with Crippen molar-refractivity contribution < 1.29 is 0 Å². The molecule has 0 aliphatic carbocycles. The highest BCUT2D eigenvalue weighted by Crippen LogP contribution is 2.35. The van der Waals surface area contributed by atoms with E-state index >= 15 is 0 Å². The number of halogens is 2. The van der Waals surface area contributed by atoms with Crippen molar-refractivity contribution in [2.75, 3.05) is 31.1 Å². The smallest absolute Gasteiger partial charge is 0.157 e. The number of piperazine rings is 1. The van der Waals surface area contributed by atoms with Crippen LogP contribution in [0.25, 0.3) is 16.7 Å². The number of pyridine rings is 1. The third-order valence-electron chi connectivity index (χ3n) is 7.05. The minimum Gasteiger partial charge on any atom is -0.355 e. The number of anilines is 1. The van der Waals surface area contributed by atoms with Crippen molar-refractivity contribution in [3.63, 3.8) is 0 Å². The second kappa shape index (κ2) is 10.1. The molecule has 0 bridgehead atoms. The molecular formula is C28H29Cl2N5. The van der Waals surface area contributed by atoms with Crippen molar-refractivity contribution in [2.45, 2.75) is 39.7 Å². The summed E-state index contributed by atoms with van der Waals surface area (Å²) >= 11 is 12.3. The van der Waals surface area contributed by atoms with Crippen LogP contribution in [-0.2, 0) is 13.0 Å². The Bertz CT molecular complexity index is 1430. The molecular weight excluding hydrogens is 477 g/mol. The summed E-state index contributed by atoms with van der Waals surface area (Å²) in [6.07, 6.45) is 3.16. The molecule has 0 amide bonds. The maximum atomic E-state index is 10.1. The molecule has 3 heterocycles. The highest BCUT2D eigenvalue weighted by molar-refractivity contribution is 6.42. The summed E-state index contributed by atoms with van der Waals surface area (Å²) in [5, 5.41) is 11.3. The monoisotopic (exact) mass is 505 g/mol. The maximum Gasteiger partial charge on any atom is 0.157 e. The van der Waals surface area contributed by atoms with Gasteiger partial charge in [-0.2, -0.15) is 5.26 Å². The van der Waals surface area contributed by atoms with Crippen LogP contribution in [0.5, 0.6) is 0 Å². The first-order valence-corrected chi connectivity index (χ1v) is 13.0. The van der Waals surface area contributed by atoms with Crippen LogP contribution in [-0.4, -0.2) is 40.5 Å². The van der Waals surface area contributed by atoms with Gasteiger partial charge < -0.3 is 4.90 Å². The average molecular weight is 506 g/mol. The van der Waals surface area contributed by atoms with Crippen LogP contribution in [0.3, 0.4) is 0 Å². The summed E-state index contributed by atoms with van der Waals surface area (Å²) < 4.78 is 2.24. The third-order valence-corrected chi connectivity index (χ3v) is 7.79. The summed E-state index contributed by atoms with van der Waals surface area (Å²) in [6.45, 7) is 8.87. The van der Waals surface area contributed by atoms with Gasteiger partial charge >= 0.3 is 0 Å². The molecule has 2 aromatic carbocycles. The predicted molar refractivity (Wildman–Crippen MR) is 145 cm³/mol. The van der Waals surface area contributed by atoms with E-state index in [4.69, 9.17) is 28.2 Å². The van der Waals surface area contributed by atoms with E-state index < -0.39 is 0 Å². The first-order valence-electron chi connectivity index (χ1n) is 12.3. The van der Waals surface area contributed by atoms with E-state index in [0.717, 1.165) is 74.2 Å². The molecule has 0 spiro atoms. The molecule has 0 saturated carbocycles. The summed E-state index contributed by atoms with van der Waals surface area (Å²) in [5.74, 6) is 1.20. The number of imidazole rings is 1. The predicted octanol–water partition coefficient (Wildman–Crippen LogP) is 6.64. The van der Waals surface area contributed by atoms with Gasteiger partial charge in [-0.1, -0.05) is 54.7 Å². The fourth-order valence-corrected chi connectivity index (χ4v) is 5.48. The van der Waals surface area contributed by atoms with E-state index in [1.54, 1.807) is 0 Å². The topological polar surface area (TPSA) is 47.6 Å². The Labute approximate surface area is 216 Å². The van der Waals surface area contributed by atoms with Crippen molar-refractivity contribution in [1.82, 2.24) is 14.3 Å². The normalized spacial score (nSPS) is 14.7. The van der Waals surface area contributed by atoms with Gasteiger partial charge in [-0.25, -0.2) is 4.98 Å². The van der Waals surface area contributed by atoms with Crippen molar-refractivity contribution >= 4 is 45.7 Å². The third kappa shape index (κ3) is 4.47. The van der Waals surface area contributed by atoms with E-state index in [-0.39, 0.29) is 0 Å². The lowest BCUT2D eigenvalue weighted by Gasteiger charge is -2.38. The molecule has 180 valence electrons. The van der Waals surface area contributed by atoms with E-state index in [2.05, 4.69) is 46.2 Å². The second-order valence-corrected chi connectivity index (χ2v) is 10.1. The van der Waals surface area contributed by atoms with Gasteiger partial charge in [-0.15, -0.1) is 0 Å². The van der Waals surface area contributed by atoms with Gasteiger partial charge in [-0.3, -0.25) is 9.30 Å². The van der Waals surface area contributed by atoms with Crippen LogP contribution in [0.4, 0.5) is 5.82 Å². The number of aromatic nitrogens is 2. The number of hydrogen-bond acceptors (Lipinski definition) is 4. The molecule has 7 heteroatoms. The second-order valence-electron chi connectivity index (χ2n) is 9.29. The zero-order valence-electron chi connectivity index (χ0n) is 20.2. The minimum atomic E-state index is 0.590. The van der Waals surface area contributed by atoms with Gasteiger partial charge in [0.15, 0.2) is 5.65 Å². The molecule has 0 atom stereocenters. The molecule has 0 unspecified atom stereocenters. The maximum absolute atomic E-state index is 10.1. The molecule has 1 saturated heterocycles. The van der Waals surface area contributed by atoms with Crippen LogP contribution < -0.4 is 4.90 Å². The van der Waals surface area contributed by atoms with Gasteiger partial charge in [0.2, 0.25) is 0 Å². The molecule has 1 aliphatic heterocycles. The lowest BCUT2D eigenvalue weighted by atomic mass is 9.99. The van der Waals surface area contributed by atoms with Crippen molar-refractivity contribution in [3.05, 3.63) is 74.8 Å². The standard InChI is InChI=1S/C28H29Cl2N5/c1-3-4-7-21-19(2)22(17-31)27-32-25-8-5-6-9-26(25)35(27)28(21)34-14-12-33(13-15-34)18-20-10-11-23(29)24(30)16-20/h5-6,8-11,16H,3-4,7,12-15,18H2,1-2H3. The number of nitriles is 1. The number of benzene rings is 2. The molecule has 5 nitrogen and oxygen atoms in total. The molecule has 35 heavy (non-hydrogen) atoms. The molecule has 0 N–H and O–H groups in total. The Morgan fingerprint density at radius 2 is 1.80 bits per heavy atom. The zero-order chi connectivity index (χ0) is 24.5. The van der Waals surface area contributed by atoms with Gasteiger partial charge in [0, 0.05) is 32.7 Å². The van der Waals surface area contributed by atoms with E-state index in [1.807, 2.05) is 30.3 Å². The van der Waals surface area contributed by atoms with Crippen molar-refractivity contribution in [3.8, 4) is 6.07 Å². The van der Waals surface area contributed by atoms with Gasteiger partial charge in [0.25, 0.3) is 0 Å². The van der Waals surface area contributed by atoms with Crippen LogP contribution >= 0.6 is 23.2 Å². The Kier molecular flexibility index (Phi) is 6.88. The molecule has 2 aromatic heterocycles. The number of unbranched alkanes of at least 4 members (excludes halogenated alkanes) is 1. The van der Waals surface area contributed by atoms with Crippen LogP contribution in [0.2, 0.25) is 10.0 Å². The van der Waals surface area contributed by atoms with E-state index in [9.17, 15) is 5.26 Å². The summed E-state index contributed by atoms with van der Waals surface area (Å²) in [6, 6.07) is 16.5. The number of nitrogens with zero attached hydrogens (tertiary/aromatic N) is 5. The molecule has 1 aliphatic rings. The van der Waals surface area contributed by atoms with E-state index in [0.29, 0.717) is 15.6 Å². The van der Waals surface area contributed by atoms with Crippen molar-refractivity contribution in [1.29, 1.82) is 5.26 Å². The Hall–Kier alpha value is -2.78. The Morgan fingerprint density at radius 1 is 1.03 bits per heavy atom. The lowest BCUT2D eigenvalue weighted by molar-refractivity contribution is 0.249. The number of fused-ring (bicyclic) bond motifs is 3. The Morgan fingerprint density at radius 3 is 2.51 bits per heavy atom. The number of rotatable bonds is 6. The fraction of sp³-hybridized carbons (Fsp3) is 0.357. The Balaban J connectivity index is 1.53. The molecule has 4 aromatic rings. The summed E-state index contributed by atoms with van der Waals surface area (Å²) in [4.78, 5) is 9.84. The zero-order valence-corrected chi connectivity index (χ0v) is 21.7.